The second-order valence-corrected chi connectivity index (χ2v) is 5.87. The van der Waals surface area contributed by atoms with Crippen LogP contribution in [0.5, 0.6) is 0 Å². The number of benzene rings is 2. The monoisotopic (exact) mass is 338 g/mol. The summed E-state index contributed by atoms with van der Waals surface area (Å²) in [4.78, 5) is 16.4. The van der Waals surface area contributed by atoms with Crippen LogP contribution in [0.25, 0.3) is 10.9 Å². The molecule has 0 radical (unpaired) electrons. The average molecular weight is 338 g/mol. The highest BCUT2D eigenvalue weighted by Crippen LogP contribution is 2.18. The molecule has 0 aliphatic carbocycles. The van der Waals surface area contributed by atoms with E-state index in [1.54, 1.807) is 12.3 Å². The zero-order chi connectivity index (χ0) is 17.6. The number of carbonyl (C=O) groups excluding carboxylic acids is 1. The SMILES string of the molecule is O=C(C[C@@H](O)c1cccc(F)c1)NCCc1cccc2cccnc12. The van der Waals surface area contributed by atoms with Crippen molar-refractivity contribution in [2.75, 3.05) is 6.54 Å². The number of aromatic nitrogens is 1. The molecule has 2 N–H and O–H groups in total. The van der Waals surface area contributed by atoms with Gasteiger partial charge >= 0.3 is 0 Å². The first kappa shape index (κ1) is 17.0. The Morgan fingerprint density at radius 3 is 2.80 bits per heavy atom. The van der Waals surface area contributed by atoms with Crippen molar-refractivity contribution in [3.63, 3.8) is 0 Å². The molecule has 0 spiro atoms. The van der Waals surface area contributed by atoms with E-state index in [0.717, 1.165) is 16.5 Å². The molecule has 0 saturated heterocycles. The van der Waals surface area contributed by atoms with E-state index < -0.39 is 11.9 Å². The molecule has 3 aromatic rings. The summed E-state index contributed by atoms with van der Waals surface area (Å²) < 4.78 is 13.2. The molecular weight excluding hydrogens is 319 g/mol. The average Bonchev–Trinajstić information content (AvgIpc) is 2.62. The number of hydrogen-bond donors (Lipinski definition) is 2. The molecule has 1 amide bonds. The number of carbonyl (C=O) groups is 1. The molecule has 1 heterocycles. The molecule has 0 aliphatic rings. The number of aliphatic hydroxyl groups excluding tert-OH is 1. The number of pyridine rings is 1. The Balaban J connectivity index is 1.54. The lowest BCUT2D eigenvalue weighted by Crippen LogP contribution is -2.27. The molecule has 0 fully saturated rings. The van der Waals surface area contributed by atoms with Crippen molar-refractivity contribution in [1.82, 2.24) is 10.3 Å². The second-order valence-electron chi connectivity index (χ2n) is 5.87. The predicted octanol–water partition coefficient (Wildman–Crippen LogP) is 3.16. The molecule has 0 unspecified atom stereocenters. The first-order chi connectivity index (χ1) is 12.1. The van der Waals surface area contributed by atoms with Crippen molar-refractivity contribution < 1.29 is 14.3 Å². The van der Waals surface area contributed by atoms with Crippen LogP contribution in [0.4, 0.5) is 4.39 Å². The summed E-state index contributed by atoms with van der Waals surface area (Å²) in [5.41, 5.74) is 2.39. The Hall–Kier alpha value is -2.79. The van der Waals surface area contributed by atoms with Crippen LogP contribution in [0.1, 0.15) is 23.7 Å². The first-order valence-electron chi connectivity index (χ1n) is 8.16. The standard InChI is InChI=1S/C20H19FN2O2/c21-17-8-2-6-16(12-17)18(24)13-19(25)22-11-9-15-5-1-4-14-7-3-10-23-20(14)15/h1-8,10,12,18,24H,9,11,13H2,(H,22,25)/t18-/m1/s1. The quantitative estimate of drug-likeness (QED) is 0.726. The fourth-order valence-electron chi connectivity index (χ4n) is 2.79. The predicted molar refractivity (Wildman–Crippen MR) is 94.4 cm³/mol. The third kappa shape index (κ3) is 4.39. The molecule has 1 aromatic heterocycles. The molecule has 0 saturated carbocycles. The fraction of sp³-hybridized carbons (Fsp3) is 0.200. The van der Waals surface area contributed by atoms with Gasteiger partial charge in [-0.3, -0.25) is 9.78 Å². The van der Waals surface area contributed by atoms with Crippen LogP contribution in [-0.2, 0) is 11.2 Å². The lowest BCUT2D eigenvalue weighted by atomic mass is 10.1. The zero-order valence-electron chi connectivity index (χ0n) is 13.7. The van der Waals surface area contributed by atoms with Crippen LogP contribution in [0.2, 0.25) is 0 Å². The number of fused-ring (bicyclic) bond motifs is 1. The van der Waals surface area contributed by atoms with Gasteiger partial charge in [0, 0.05) is 18.1 Å². The van der Waals surface area contributed by atoms with Gasteiger partial charge in [-0.05, 0) is 35.7 Å². The van der Waals surface area contributed by atoms with Crippen LogP contribution in [0, 0.1) is 5.82 Å². The molecule has 5 heteroatoms. The molecule has 3 rings (SSSR count). The molecule has 128 valence electrons. The molecule has 4 nitrogen and oxygen atoms in total. The Morgan fingerprint density at radius 2 is 1.96 bits per heavy atom. The van der Waals surface area contributed by atoms with Crippen molar-refractivity contribution >= 4 is 16.8 Å². The van der Waals surface area contributed by atoms with Crippen molar-refractivity contribution in [1.29, 1.82) is 0 Å². The van der Waals surface area contributed by atoms with Gasteiger partial charge in [0.1, 0.15) is 5.82 Å². The minimum absolute atomic E-state index is 0.1000. The van der Waals surface area contributed by atoms with Gasteiger partial charge in [0.05, 0.1) is 18.0 Å². The topological polar surface area (TPSA) is 62.2 Å². The minimum atomic E-state index is -1.02. The van der Waals surface area contributed by atoms with E-state index in [4.69, 9.17) is 0 Å². The van der Waals surface area contributed by atoms with Crippen LogP contribution in [0.3, 0.4) is 0 Å². The molecule has 2 aromatic carbocycles. The van der Waals surface area contributed by atoms with Gasteiger partial charge in [0.25, 0.3) is 0 Å². The van der Waals surface area contributed by atoms with Crippen LogP contribution in [0.15, 0.2) is 60.8 Å². The summed E-state index contributed by atoms with van der Waals surface area (Å²) in [5.74, 6) is -0.703. The largest absolute Gasteiger partial charge is 0.388 e. The first-order valence-corrected chi connectivity index (χ1v) is 8.16. The van der Waals surface area contributed by atoms with Gasteiger partial charge in [0.2, 0.25) is 5.91 Å². The molecule has 25 heavy (non-hydrogen) atoms. The number of rotatable bonds is 6. The van der Waals surface area contributed by atoms with Gasteiger partial charge in [-0.15, -0.1) is 0 Å². The maximum atomic E-state index is 13.2. The van der Waals surface area contributed by atoms with Gasteiger partial charge in [-0.25, -0.2) is 4.39 Å². The third-order valence-electron chi connectivity index (χ3n) is 4.04. The minimum Gasteiger partial charge on any atom is -0.388 e. The van der Waals surface area contributed by atoms with Gasteiger partial charge in [-0.1, -0.05) is 36.4 Å². The summed E-state index contributed by atoms with van der Waals surface area (Å²) >= 11 is 0. The summed E-state index contributed by atoms with van der Waals surface area (Å²) in [5, 5.41) is 13.9. The molecular formula is C20H19FN2O2. The van der Waals surface area contributed by atoms with E-state index in [1.807, 2.05) is 30.3 Å². The Bertz CT molecular complexity index is 877. The number of nitrogens with one attached hydrogen (secondary N) is 1. The van der Waals surface area contributed by atoms with Crippen molar-refractivity contribution in [2.24, 2.45) is 0 Å². The van der Waals surface area contributed by atoms with E-state index in [1.165, 1.54) is 18.2 Å². The smallest absolute Gasteiger partial charge is 0.222 e. The van der Waals surface area contributed by atoms with Crippen molar-refractivity contribution in [3.05, 3.63) is 77.7 Å². The maximum Gasteiger partial charge on any atom is 0.222 e. The van der Waals surface area contributed by atoms with Crippen LogP contribution in [-0.4, -0.2) is 22.5 Å². The van der Waals surface area contributed by atoms with Crippen molar-refractivity contribution in [2.45, 2.75) is 18.9 Å². The highest BCUT2D eigenvalue weighted by atomic mass is 19.1. The lowest BCUT2D eigenvalue weighted by Gasteiger charge is -2.12. The maximum absolute atomic E-state index is 13.2. The van der Waals surface area contributed by atoms with E-state index in [-0.39, 0.29) is 12.3 Å². The highest BCUT2D eigenvalue weighted by molar-refractivity contribution is 5.81. The van der Waals surface area contributed by atoms with E-state index >= 15 is 0 Å². The number of halogens is 1. The second kappa shape index (κ2) is 7.85. The van der Waals surface area contributed by atoms with E-state index in [0.29, 0.717) is 18.5 Å². The molecule has 1 atom stereocenters. The summed E-state index contributed by atoms with van der Waals surface area (Å²) in [6, 6.07) is 15.5. The number of hydrogen-bond acceptors (Lipinski definition) is 3. The zero-order valence-corrected chi connectivity index (χ0v) is 13.7. The fourth-order valence-corrected chi connectivity index (χ4v) is 2.79. The number of aliphatic hydroxyl groups is 1. The van der Waals surface area contributed by atoms with Crippen LogP contribution < -0.4 is 5.32 Å². The van der Waals surface area contributed by atoms with Gasteiger partial charge in [-0.2, -0.15) is 0 Å². The van der Waals surface area contributed by atoms with Crippen LogP contribution >= 0.6 is 0 Å². The third-order valence-corrected chi connectivity index (χ3v) is 4.04. The highest BCUT2D eigenvalue weighted by Gasteiger charge is 2.13. The molecule has 0 aliphatic heterocycles. The van der Waals surface area contributed by atoms with E-state index in [9.17, 15) is 14.3 Å². The van der Waals surface area contributed by atoms with Gasteiger partial charge in [0.15, 0.2) is 0 Å². The Morgan fingerprint density at radius 1 is 1.16 bits per heavy atom. The normalized spacial score (nSPS) is 12.1. The summed E-state index contributed by atoms with van der Waals surface area (Å²) in [7, 11) is 0. The summed E-state index contributed by atoms with van der Waals surface area (Å²) in [6.07, 6.45) is 1.28. The summed E-state index contributed by atoms with van der Waals surface area (Å²) in [6.45, 7) is 0.449. The lowest BCUT2D eigenvalue weighted by molar-refractivity contribution is -0.123. The van der Waals surface area contributed by atoms with E-state index in [2.05, 4.69) is 10.3 Å². The number of nitrogens with zero attached hydrogens (tertiary/aromatic N) is 1. The Kier molecular flexibility index (Phi) is 5.36. The molecule has 0 bridgehead atoms. The Labute approximate surface area is 145 Å². The van der Waals surface area contributed by atoms with Gasteiger partial charge < -0.3 is 10.4 Å². The van der Waals surface area contributed by atoms with Crippen molar-refractivity contribution in [3.8, 4) is 0 Å². The number of para-hydroxylation sites is 1. The number of amides is 1.